The smallest absolute Gasteiger partial charge is 0.341 e. The zero-order chi connectivity index (χ0) is 28.1. The Labute approximate surface area is 228 Å². The van der Waals surface area contributed by atoms with Gasteiger partial charge in [0.05, 0.1) is 36.1 Å². The van der Waals surface area contributed by atoms with Crippen LogP contribution in [0.2, 0.25) is 0 Å². The lowest BCUT2D eigenvalue weighted by molar-refractivity contribution is -0.140. The van der Waals surface area contributed by atoms with Crippen LogP contribution in [0.1, 0.15) is 37.9 Å². The van der Waals surface area contributed by atoms with Gasteiger partial charge in [0.2, 0.25) is 0 Å². The highest BCUT2D eigenvalue weighted by Gasteiger charge is 2.35. The van der Waals surface area contributed by atoms with E-state index < -0.39 is 24.6 Å². The maximum atomic E-state index is 13.9. The Morgan fingerprint density at radius 2 is 1.90 bits per heavy atom. The summed E-state index contributed by atoms with van der Waals surface area (Å²) in [6.07, 6.45) is 1.67. The van der Waals surface area contributed by atoms with E-state index in [2.05, 4.69) is 4.99 Å². The number of carbonyl (C=O) groups excluding carboxylic acids is 1. The number of fused-ring (bicyclic) bond motifs is 1. The molecular formula is C28H28N2O8S. The molecular weight excluding hydrogens is 524 g/mol. The third kappa shape index (κ3) is 5.73. The van der Waals surface area contributed by atoms with Crippen LogP contribution in [0, 0.1) is 0 Å². The fraction of sp³-hybridized carbons (Fsp3) is 0.286. The van der Waals surface area contributed by atoms with Crippen molar-refractivity contribution in [3.05, 3.63) is 84.5 Å². The number of hydrogen-bond acceptors (Lipinski definition) is 9. The number of carboxylic acids is 1. The maximum Gasteiger partial charge on any atom is 0.341 e. The number of esters is 1. The third-order valence-electron chi connectivity index (χ3n) is 5.85. The number of carbonyl (C=O) groups is 2. The van der Waals surface area contributed by atoms with E-state index in [0.29, 0.717) is 50.0 Å². The number of benzene rings is 2. The number of aromatic nitrogens is 1. The van der Waals surface area contributed by atoms with Gasteiger partial charge in [-0.1, -0.05) is 35.6 Å². The number of allylic oxidation sites excluding steroid dienone is 1. The molecule has 39 heavy (non-hydrogen) atoms. The lowest BCUT2D eigenvalue weighted by Crippen LogP contribution is -2.40. The Morgan fingerprint density at radius 1 is 1.13 bits per heavy atom. The third-order valence-corrected chi connectivity index (χ3v) is 6.83. The van der Waals surface area contributed by atoms with Gasteiger partial charge in [0, 0.05) is 5.56 Å². The molecule has 0 amide bonds. The molecule has 0 saturated carbocycles. The Hall–Kier alpha value is -4.38. The SMILES string of the molecule is CCOC(=O)C1=C(C)N=c2s/c(=C/c3cccc(OCC(=O)O)c3)c(=O)n2[C@@H]1c1cccc(OC)c1OCC. The average Bonchev–Trinajstić information content (AvgIpc) is 3.21. The van der Waals surface area contributed by atoms with Gasteiger partial charge in [-0.2, -0.15) is 0 Å². The second-order valence-electron chi connectivity index (χ2n) is 8.37. The average molecular weight is 553 g/mol. The molecule has 0 fully saturated rings. The van der Waals surface area contributed by atoms with Crippen molar-refractivity contribution in [3.63, 3.8) is 0 Å². The molecule has 2 heterocycles. The van der Waals surface area contributed by atoms with Crippen molar-refractivity contribution in [3.8, 4) is 17.2 Å². The van der Waals surface area contributed by atoms with E-state index in [-0.39, 0.29) is 17.7 Å². The quantitative estimate of drug-likeness (QED) is 0.381. The number of para-hydroxylation sites is 1. The first-order valence-corrected chi connectivity index (χ1v) is 13.0. The second-order valence-corrected chi connectivity index (χ2v) is 9.38. The van der Waals surface area contributed by atoms with Gasteiger partial charge >= 0.3 is 11.9 Å². The van der Waals surface area contributed by atoms with Gasteiger partial charge in [0.1, 0.15) is 11.8 Å². The van der Waals surface area contributed by atoms with E-state index in [1.54, 1.807) is 62.4 Å². The molecule has 10 nitrogen and oxygen atoms in total. The molecule has 1 aromatic heterocycles. The molecule has 3 aromatic rings. The number of methoxy groups -OCH3 is 1. The van der Waals surface area contributed by atoms with E-state index >= 15 is 0 Å². The van der Waals surface area contributed by atoms with Crippen molar-refractivity contribution >= 4 is 29.4 Å². The predicted molar refractivity (Wildman–Crippen MR) is 144 cm³/mol. The molecule has 0 spiro atoms. The lowest BCUT2D eigenvalue weighted by atomic mass is 9.94. The summed E-state index contributed by atoms with van der Waals surface area (Å²) in [6.45, 7) is 5.27. The van der Waals surface area contributed by atoms with Crippen LogP contribution in [0.4, 0.5) is 0 Å². The molecule has 1 N–H and O–H groups in total. The van der Waals surface area contributed by atoms with Crippen molar-refractivity contribution in [2.75, 3.05) is 26.9 Å². The number of hydrogen-bond donors (Lipinski definition) is 1. The first kappa shape index (κ1) is 27.6. The standard InChI is InChI=1S/C28H28N2O8S/c1-5-36-25-19(11-8-12-20(25)35-4)24-23(27(34)37-6-2)16(3)29-28-30(24)26(33)21(39-28)14-17-9-7-10-18(13-17)38-15-22(31)32/h7-14,24H,5-6,15H2,1-4H3,(H,31,32)/b21-14+/t24-/m1/s1. The molecule has 1 aliphatic rings. The molecule has 11 heteroatoms. The van der Waals surface area contributed by atoms with Crippen molar-refractivity contribution in [1.82, 2.24) is 4.57 Å². The van der Waals surface area contributed by atoms with E-state index in [4.69, 9.17) is 24.1 Å². The molecule has 0 bridgehead atoms. The number of thiazole rings is 1. The van der Waals surface area contributed by atoms with Crippen molar-refractivity contribution in [2.24, 2.45) is 4.99 Å². The van der Waals surface area contributed by atoms with Crippen LogP contribution in [-0.4, -0.2) is 48.5 Å². The topological polar surface area (TPSA) is 126 Å². The Morgan fingerprint density at radius 3 is 2.59 bits per heavy atom. The number of rotatable bonds is 10. The minimum absolute atomic E-state index is 0.156. The molecule has 1 aliphatic heterocycles. The predicted octanol–water partition coefficient (Wildman–Crippen LogP) is 2.67. The summed E-state index contributed by atoms with van der Waals surface area (Å²) in [4.78, 5) is 42.9. The Balaban J connectivity index is 1.93. The highest BCUT2D eigenvalue weighted by atomic mass is 32.1. The van der Waals surface area contributed by atoms with E-state index in [1.165, 1.54) is 23.0 Å². The van der Waals surface area contributed by atoms with Gasteiger partial charge in [-0.15, -0.1) is 0 Å². The molecule has 0 unspecified atom stereocenters. The van der Waals surface area contributed by atoms with Crippen molar-refractivity contribution in [1.29, 1.82) is 0 Å². The summed E-state index contributed by atoms with van der Waals surface area (Å²) in [7, 11) is 1.52. The van der Waals surface area contributed by atoms with Crippen molar-refractivity contribution in [2.45, 2.75) is 26.8 Å². The monoisotopic (exact) mass is 552 g/mol. The van der Waals surface area contributed by atoms with Crippen LogP contribution >= 0.6 is 11.3 Å². The molecule has 0 saturated heterocycles. The first-order chi connectivity index (χ1) is 18.8. The highest BCUT2D eigenvalue weighted by Crippen LogP contribution is 2.40. The Bertz CT molecular complexity index is 1620. The van der Waals surface area contributed by atoms with Crippen LogP contribution in [0.15, 0.2) is 63.5 Å². The lowest BCUT2D eigenvalue weighted by Gasteiger charge is -2.26. The molecule has 1 atom stereocenters. The van der Waals surface area contributed by atoms with Gasteiger partial charge in [-0.3, -0.25) is 9.36 Å². The highest BCUT2D eigenvalue weighted by molar-refractivity contribution is 7.07. The molecule has 0 aliphatic carbocycles. The van der Waals surface area contributed by atoms with E-state index in [1.807, 2.05) is 6.92 Å². The number of nitrogens with zero attached hydrogens (tertiary/aromatic N) is 2. The normalized spacial score (nSPS) is 14.9. The van der Waals surface area contributed by atoms with Crippen LogP contribution < -0.4 is 29.1 Å². The fourth-order valence-corrected chi connectivity index (χ4v) is 5.33. The second kappa shape index (κ2) is 12.0. The van der Waals surface area contributed by atoms with Gasteiger partial charge in [0.15, 0.2) is 22.9 Å². The summed E-state index contributed by atoms with van der Waals surface area (Å²) < 4.78 is 23.9. The summed E-state index contributed by atoms with van der Waals surface area (Å²) in [6, 6.07) is 11.2. The molecule has 0 radical (unpaired) electrons. The van der Waals surface area contributed by atoms with Crippen LogP contribution in [0.5, 0.6) is 17.2 Å². The van der Waals surface area contributed by atoms with Crippen molar-refractivity contribution < 1.29 is 33.6 Å². The van der Waals surface area contributed by atoms with E-state index in [0.717, 1.165) is 0 Å². The molecule has 4 rings (SSSR count). The van der Waals surface area contributed by atoms with Gasteiger partial charge < -0.3 is 24.1 Å². The number of aliphatic carboxylic acids is 1. The van der Waals surface area contributed by atoms with Gasteiger partial charge in [-0.25, -0.2) is 14.6 Å². The Kier molecular flexibility index (Phi) is 8.50. The van der Waals surface area contributed by atoms with Gasteiger partial charge in [-0.05, 0) is 50.6 Å². The van der Waals surface area contributed by atoms with E-state index in [9.17, 15) is 14.4 Å². The first-order valence-electron chi connectivity index (χ1n) is 12.2. The fourth-order valence-electron chi connectivity index (χ4n) is 4.28. The summed E-state index contributed by atoms with van der Waals surface area (Å²) in [5.41, 5.74) is 1.50. The zero-order valence-electron chi connectivity index (χ0n) is 21.9. The molecule has 204 valence electrons. The summed E-state index contributed by atoms with van der Waals surface area (Å²) in [5.74, 6) is -0.429. The largest absolute Gasteiger partial charge is 0.493 e. The number of carboxylic acid groups (broad SMARTS) is 1. The van der Waals surface area contributed by atoms with Crippen LogP contribution in [0.3, 0.4) is 0 Å². The molecule has 2 aromatic carbocycles. The van der Waals surface area contributed by atoms with Gasteiger partial charge in [0.25, 0.3) is 5.56 Å². The summed E-state index contributed by atoms with van der Waals surface area (Å²) >= 11 is 1.17. The minimum Gasteiger partial charge on any atom is -0.493 e. The number of ether oxygens (including phenoxy) is 4. The summed E-state index contributed by atoms with van der Waals surface area (Å²) in [5, 5.41) is 8.89. The van der Waals surface area contributed by atoms with Crippen LogP contribution in [0.25, 0.3) is 6.08 Å². The van der Waals surface area contributed by atoms with Crippen LogP contribution in [-0.2, 0) is 14.3 Å². The maximum absolute atomic E-state index is 13.9. The minimum atomic E-state index is -1.09. The zero-order valence-corrected chi connectivity index (χ0v) is 22.7.